The third-order valence-electron chi connectivity index (χ3n) is 2.66. The van der Waals surface area contributed by atoms with Crippen LogP contribution in [0.25, 0.3) is 5.52 Å². The van der Waals surface area contributed by atoms with Gasteiger partial charge in [0.2, 0.25) is 5.88 Å². The molecule has 0 spiro atoms. The van der Waals surface area contributed by atoms with Gasteiger partial charge in [-0.1, -0.05) is 11.6 Å². The van der Waals surface area contributed by atoms with E-state index in [2.05, 4.69) is 10.1 Å². The van der Waals surface area contributed by atoms with Crippen molar-refractivity contribution in [3.05, 3.63) is 47.4 Å². The van der Waals surface area contributed by atoms with Crippen LogP contribution in [0.4, 0.5) is 5.69 Å². The molecule has 2 heterocycles. The summed E-state index contributed by atoms with van der Waals surface area (Å²) < 4.78 is 7.44. The molecule has 3 aromatic rings. The van der Waals surface area contributed by atoms with Crippen LogP contribution in [0, 0.1) is 6.92 Å². The fourth-order valence-electron chi connectivity index (χ4n) is 1.80. The number of benzene rings is 1. The van der Waals surface area contributed by atoms with Crippen molar-refractivity contribution in [2.45, 2.75) is 6.92 Å². The van der Waals surface area contributed by atoms with Gasteiger partial charge in [0.15, 0.2) is 5.75 Å². The van der Waals surface area contributed by atoms with Crippen LogP contribution in [0.1, 0.15) is 5.69 Å². The molecule has 19 heavy (non-hydrogen) atoms. The van der Waals surface area contributed by atoms with Crippen LogP contribution in [0.3, 0.4) is 0 Å². The second kappa shape index (κ2) is 4.44. The molecule has 0 atom stereocenters. The lowest BCUT2D eigenvalue weighted by atomic mass is 10.3. The predicted molar refractivity (Wildman–Crippen MR) is 73.7 cm³/mol. The number of rotatable bonds is 2. The van der Waals surface area contributed by atoms with E-state index in [-0.39, 0.29) is 0 Å². The van der Waals surface area contributed by atoms with Gasteiger partial charge in [-0.25, -0.2) is 9.50 Å². The Balaban J connectivity index is 2.08. The molecule has 0 unspecified atom stereocenters. The average molecular weight is 275 g/mol. The van der Waals surface area contributed by atoms with Crippen molar-refractivity contribution < 1.29 is 4.74 Å². The SMILES string of the molecule is Cc1cc2c(Oc3cc(Cl)ccc3N)nccn2n1. The fourth-order valence-corrected chi connectivity index (χ4v) is 1.96. The Morgan fingerprint density at radius 2 is 2.16 bits per heavy atom. The van der Waals surface area contributed by atoms with E-state index >= 15 is 0 Å². The zero-order chi connectivity index (χ0) is 13.4. The van der Waals surface area contributed by atoms with E-state index in [9.17, 15) is 0 Å². The van der Waals surface area contributed by atoms with E-state index in [0.717, 1.165) is 11.2 Å². The minimum absolute atomic E-state index is 0.442. The van der Waals surface area contributed by atoms with E-state index in [1.54, 1.807) is 35.1 Å². The first kappa shape index (κ1) is 11.8. The smallest absolute Gasteiger partial charge is 0.245 e. The number of anilines is 1. The Morgan fingerprint density at radius 1 is 1.32 bits per heavy atom. The average Bonchev–Trinajstić information content (AvgIpc) is 2.75. The highest BCUT2D eigenvalue weighted by Crippen LogP contribution is 2.31. The highest BCUT2D eigenvalue weighted by Gasteiger charge is 2.09. The molecule has 0 fully saturated rings. The second-order valence-electron chi connectivity index (χ2n) is 4.13. The van der Waals surface area contributed by atoms with E-state index in [0.29, 0.717) is 22.3 Å². The summed E-state index contributed by atoms with van der Waals surface area (Å²) in [6.45, 7) is 1.91. The van der Waals surface area contributed by atoms with Crippen molar-refractivity contribution >= 4 is 22.8 Å². The highest BCUT2D eigenvalue weighted by molar-refractivity contribution is 6.30. The van der Waals surface area contributed by atoms with Gasteiger partial charge in [-0.2, -0.15) is 5.10 Å². The topological polar surface area (TPSA) is 65.4 Å². The molecule has 0 aliphatic heterocycles. The normalized spacial score (nSPS) is 10.8. The number of halogens is 1. The highest BCUT2D eigenvalue weighted by atomic mass is 35.5. The minimum atomic E-state index is 0.442. The Kier molecular flexibility index (Phi) is 2.76. The maximum atomic E-state index is 5.93. The number of nitrogens with two attached hydrogens (primary N) is 1. The van der Waals surface area contributed by atoms with E-state index < -0.39 is 0 Å². The van der Waals surface area contributed by atoms with Gasteiger partial charge < -0.3 is 10.5 Å². The molecule has 0 saturated carbocycles. The van der Waals surface area contributed by atoms with Crippen LogP contribution in [0.2, 0.25) is 5.02 Å². The summed E-state index contributed by atoms with van der Waals surface area (Å²) in [6, 6.07) is 6.95. The molecule has 0 aliphatic rings. The summed E-state index contributed by atoms with van der Waals surface area (Å²) >= 11 is 5.93. The number of ether oxygens (including phenoxy) is 1. The van der Waals surface area contributed by atoms with Gasteiger partial charge in [0.1, 0.15) is 5.52 Å². The van der Waals surface area contributed by atoms with Crippen molar-refractivity contribution in [1.82, 2.24) is 14.6 Å². The van der Waals surface area contributed by atoms with Gasteiger partial charge in [0.05, 0.1) is 11.4 Å². The number of aromatic nitrogens is 3. The van der Waals surface area contributed by atoms with Crippen LogP contribution in [-0.2, 0) is 0 Å². The summed E-state index contributed by atoms with van der Waals surface area (Å²) in [7, 11) is 0. The van der Waals surface area contributed by atoms with Crippen molar-refractivity contribution in [1.29, 1.82) is 0 Å². The summed E-state index contributed by atoms with van der Waals surface area (Å²) in [5.74, 6) is 0.920. The maximum absolute atomic E-state index is 5.93. The molecule has 96 valence electrons. The largest absolute Gasteiger partial charge is 0.435 e. The summed E-state index contributed by atoms with van der Waals surface area (Å²) in [6.07, 6.45) is 3.38. The number of hydrogen-bond acceptors (Lipinski definition) is 4. The molecule has 0 radical (unpaired) electrons. The van der Waals surface area contributed by atoms with Gasteiger partial charge in [-0.05, 0) is 25.1 Å². The Bertz CT molecular complexity index is 753. The Labute approximate surface area is 114 Å². The van der Waals surface area contributed by atoms with Crippen LogP contribution in [0.15, 0.2) is 36.7 Å². The Hall–Kier alpha value is -2.27. The zero-order valence-electron chi connectivity index (χ0n) is 10.2. The number of hydrogen-bond donors (Lipinski definition) is 1. The quantitative estimate of drug-likeness (QED) is 0.730. The molecule has 3 rings (SSSR count). The van der Waals surface area contributed by atoms with Crippen LogP contribution >= 0.6 is 11.6 Å². The molecular weight excluding hydrogens is 264 g/mol. The standard InChI is InChI=1S/C13H11ClN4O/c1-8-6-11-13(16-4-5-18(11)17-8)19-12-7-9(14)2-3-10(12)15/h2-7H,15H2,1H3. The molecule has 2 aromatic heterocycles. The Morgan fingerprint density at radius 3 is 3.00 bits per heavy atom. The monoisotopic (exact) mass is 274 g/mol. The second-order valence-corrected chi connectivity index (χ2v) is 4.57. The molecule has 6 heteroatoms. The fraction of sp³-hybridized carbons (Fsp3) is 0.0769. The molecular formula is C13H11ClN4O. The van der Waals surface area contributed by atoms with Gasteiger partial charge in [-0.15, -0.1) is 0 Å². The molecule has 0 aliphatic carbocycles. The summed E-state index contributed by atoms with van der Waals surface area (Å²) in [5, 5.41) is 4.85. The van der Waals surface area contributed by atoms with Gasteiger partial charge in [-0.3, -0.25) is 0 Å². The molecule has 1 aromatic carbocycles. The molecule has 0 saturated heterocycles. The third kappa shape index (κ3) is 2.20. The summed E-state index contributed by atoms with van der Waals surface area (Å²) in [4.78, 5) is 4.20. The van der Waals surface area contributed by atoms with E-state index in [4.69, 9.17) is 22.1 Å². The van der Waals surface area contributed by atoms with E-state index in [1.165, 1.54) is 0 Å². The van der Waals surface area contributed by atoms with Crippen molar-refractivity contribution in [2.75, 3.05) is 5.73 Å². The first-order valence-electron chi connectivity index (χ1n) is 5.67. The third-order valence-corrected chi connectivity index (χ3v) is 2.89. The lowest BCUT2D eigenvalue weighted by Gasteiger charge is -2.08. The van der Waals surface area contributed by atoms with Crippen LogP contribution in [-0.4, -0.2) is 14.6 Å². The molecule has 2 N–H and O–H groups in total. The van der Waals surface area contributed by atoms with Crippen molar-refractivity contribution in [2.24, 2.45) is 0 Å². The number of nitrogen functional groups attached to an aromatic ring is 1. The predicted octanol–water partition coefficient (Wildman–Crippen LogP) is 3.07. The van der Waals surface area contributed by atoms with Gasteiger partial charge >= 0.3 is 0 Å². The minimum Gasteiger partial charge on any atom is -0.435 e. The van der Waals surface area contributed by atoms with E-state index in [1.807, 2.05) is 13.0 Å². The van der Waals surface area contributed by atoms with Gasteiger partial charge in [0.25, 0.3) is 0 Å². The first-order valence-corrected chi connectivity index (χ1v) is 6.05. The van der Waals surface area contributed by atoms with Crippen LogP contribution in [0.5, 0.6) is 11.6 Å². The first-order chi connectivity index (χ1) is 9.13. The number of nitrogens with zero attached hydrogens (tertiary/aromatic N) is 3. The molecule has 5 nitrogen and oxygen atoms in total. The van der Waals surface area contributed by atoms with Gasteiger partial charge in [0, 0.05) is 23.5 Å². The van der Waals surface area contributed by atoms with Crippen molar-refractivity contribution in [3.8, 4) is 11.6 Å². The van der Waals surface area contributed by atoms with Crippen molar-refractivity contribution in [3.63, 3.8) is 0 Å². The number of fused-ring (bicyclic) bond motifs is 1. The zero-order valence-corrected chi connectivity index (χ0v) is 10.9. The lowest BCUT2D eigenvalue weighted by Crippen LogP contribution is -1.96. The number of aryl methyl sites for hydroxylation is 1. The lowest BCUT2D eigenvalue weighted by molar-refractivity contribution is 0.468. The maximum Gasteiger partial charge on any atom is 0.245 e. The van der Waals surface area contributed by atoms with Crippen LogP contribution < -0.4 is 10.5 Å². The molecule has 0 bridgehead atoms. The summed E-state index contributed by atoms with van der Waals surface area (Å²) in [5.41, 5.74) is 8.02. The molecule has 0 amide bonds.